The lowest BCUT2D eigenvalue weighted by Gasteiger charge is -2.08. The monoisotopic (exact) mass is 339 g/mol. The summed E-state index contributed by atoms with van der Waals surface area (Å²) in [4.78, 5) is 22.3. The van der Waals surface area contributed by atoms with Crippen LogP contribution in [0.4, 0.5) is 4.79 Å². The molecule has 1 fully saturated rings. The highest BCUT2D eigenvalue weighted by Gasteiger charge is 2.31. The van der Waals surface area contributed by atoms with E-state index in [1.807, 2.05) is 42.5 Å². The molecule has 1 saturated heterocycles. The number of rotatable bonds is 8. The first-order valence-electron chi connectivity index (χ1n) is 8.48. The van der Waals surface area contributed by atoms with E-state index in [4.69, 9.17) is 4.74 Å². The molecule has 2 aromatic carbocycles. The fraction of sp³-hybridized carbons (Fsp3) is 0.300. The van der Waals surface area contributed by atoms with Crippen LogP contribution >= 0.6 is 0 Å². The third kappa shape index (κ3) is 5.08. The van der Waals surface area contributed by atoms with Gasteiger partial charge in [0.2, 0.25) is 0 Å². The van der Waals surface area contributed by atoms with Gasteiger partial charge >= 0.3 is 12.1 Å². The van der Waals surface area contributed by atoms with E-state index < -0.39 is 18.1 Å². The van der Waals surface area contributed by atoms with E-state index in [-0.39, 0.29) is 0 Å². The molecule has 1 N–H and O–H groups in total. The molecular formula is C20H21NO4. The highest BCUT2D eigenvalue weighted by molar-refractivity contribution is 5.95. The summed E-state index contributed by atoms with van der Waals surface area (Å²) in [5, 5.41) is 2.51. The van der Waals surface area contributed by atoms with E-state index in [0.29, 0.717) is 13.0 Å². The number of aryl methyl sites for hydroxylation is 1. The quantitative estimate of drug-likeness (QED) is 0.453. The number of cyclic esters (lactones) is 2. The van der Waals surface area contributed by atoms with Crippen molar-refractivity contribution < 1.29 is 19.1 Å². The molecular weight excluding hydrogens is 318 g/mol. The minimum atomic E-state index is -0.638. The van der Waals surface area contributed by atoms with Crippen molar-refractivity contribution in [2.75, 3.05) is 0 Å². The Hall–Kier alpha value is -2.82. The highest BCUT2D eigenvalue weighted by atomic mass is 16.6. The van der Waals surface area contributed by atoms with Crippen molar-refractivity contribution in [3.8, 4) is 5.75 Å². The standard InChI is InChI=1S/C20H21NO4/c22-19-18(21-20(23)25-19)9-5-4-6-15-10-12-17(13-11-15)24-14-16-7-2-1-3-8-16/h1-3,7-8,10-13,18H,4-6,9,14H2,(H,21,23). The number of nitrogens with one attached hydrogen (secondary N) is 1. The third-order valence-corrected chi connectivity index (χ3v) is 4.15. The first-order valence-corrected chi connectivity index (χ1v) is 8.48. The number of benzene rings is 2. The lowest BCUT2D eigenvalue weighted by atomic mass is 10.0. The zero-order valence-electron chi connectivity index (χ0n) is 13.9. The molecule has 130 valence electrons. The molecule has 0 aliphatic carbocycles. The minimum Gasteiger partial charge on any atom is -0.489 e. The van der Waals surface area contributed by atoms with E-state index in [1.165, 1.54) is 5.56 Å². The highest BCUT2D eigenvalue weighted by Crippen LogP contribution is 2.17. The summed E-state index contributed by atoms with van der Waals surface area (Å²) in [7, 11) is 0. The zero-order valence-corrected chi connectivity index (χ0v) is 13.9. The summed E-state index contributed by atoms with van der Waals surface area (Å²) in [6.45, 7) is 0.559. The van der Waals surface area contributed by atoms with Gasteiger partial charge in [0.05, 0.1) is 0 Å². The molecule has 0 bridgehead atoms. The number of hydrogen-bond acceptors (Lipinski definition) is 4. The van der Waals surface area contributed by atoms with E-state index in [2.05, 4.69) is 22.2 Å². The first-order chi connectivity index (χ1) is 12.2. The normalized spacial score (nSPS) is 16.4. The number of alkyl carbamates (subject to hydrolysis) is 1. The molecule has 1 amide bonds. The fourth-order valence-electron chi connectivity index (χ4n) is 2.75. The van der Waals surface area contributed by atoms with Crippen molar-refractivity contribution in [2.45, 2.75) is 38.3 Å². The summed E-state index contributed by atoms with van der Waals surface area (Å²) in [5.74, 6) is 0.383. The molecule has 1 aliphatic heterocycles. The predicted octanol–water partition coefficient (Wildman–Crippen LogP) is 3.61. The van der Waals surface area contributed by atoms with Crippen LogP contribution in [-0.4, -0.2) is 18.1 Å². The number of unbranched alkanes of at least 4 members (excludes halogenated alkanes) is 1. The Labute approximate surface area is 147 Å². The number of amides is 1. The maximum absolute atomic E-state index is 11.3. The summed E-state index contributed by atoms with van der Waals surface area (Å²) >= 11 is 0. The Morgan fingerprint density at radius 3 is 2.36 bits per heavy atom. The third-order valence-electron chi connectivity index (χ3n) is 4.15. The average Bonchev–Trinajstić information content (AvgIpc) is 2.96. The molecule has 1 aliphatic rings. The van der Waals surface area contributed by atoms with Crippen molar-refractivity contribution in [1.82, 2.24) is 5.32 Å². The van der Waals surface area contributed by atoms with Gasteiger partial charge in [0, 0.05) is 0 Å². The van der Waals surface area contributed by atoms with Gasteiger partial charge < -0.3 is 14.8 Å². The Morgan fingerprint density at radius 1 is 0.920 bits per heavy atom. The maximum Gasteiger partial charge on any atom is 0.415 e. The molecule has 5 nitrogen and oxygen atoms in total. The minimum absolute atomic E-state index is 0.468. The van der Waals surface area contributed by atoms with Crippen LogP contribution in [-0.2, 0) is 22.6 Å². The molecule has 0 spiro atoms. The van der Waals surface area contributed by atoms with E-state index in [1.54, 1.807) is 0 Å². The van der Waals surface area contributed by atoms with Gasteiger partial charge in [0.15, 0.2) is 0 Å². The molecule has 2 aromatic rings. The largest absolute Gasteiger partial charge is 0.489 e. The van der Waals surface area contributed by atoms with Gasteiger partial charge in [-0.3, -0.25) is 0 Å². The Balaban J connectivity index is 1.37. The van der Waals surface area contributed by atoms with Crippen LogP contribution in [0.1, 0.15) is 30.4 Å². The van der Waals surface area contributed by atoms with Crippen LogP contribution < -0.4 is 10.1 Å². The summed E-state index contributed by atoms with van der Waals surface area (Å²) in [5.41, 5.74) is 2.37. The smallest absolute Gasteiger partial charge is 0.415 e. The SMILES string of the molecule is O=C1NC(CCCCc2ccc(OCc3ccccc3)cc2)C(=O)O1. The van der Waals surface area contributed by atoms with Crippen LogP contribution in [0, 0.1) is 0 Å². The van der Waals surface area contributed by atoms with Crippen molar-refractivity contribution in [2.24, 2.45) is 0 Å². The molecule has 1 atom stereocenters. The van der Waals surface area contributed by atoms with Gasteiger partial charge in [0.1, 0.15) is 18.4 Å². The van der Waals surface area contributed by atoms with Gasteiger partial charge in [-0.15, -0.1) is 0 Å². The van der Waals surface area contributed by atoms with Crippen molar-refractivity contribution >= 4 is 12.1 Å². The van der Waals surface area contributed by atoms with Crippen LogP contribution in [0.2, 0.25) is 0 Å². The Kier molecular flexibility index (Phi) is 5.67. The van der Waals surface area contributed by atoms with Gasteiger partial charge in [-0.2, -0.15) is 0 Å². The average molecular weight is 339 g/mol. The second-order valence-electron chi connectivity index (χ2n) is 6.07. The van der Waals surface area contributed by atoms with Gasteiger partial charge in [-0.1, -0.05) is 48.9 Å². The predicted molar refractivity (Wildman–Crippen MR) is 93.2 cm³/mol. The van der Waals surface area contributed by atoms with Crippen LogP contribution in [0.5, 0.6) is 5.75 Å². The molecule has 1 unspecified atom stereocenters. The van der Waals surface area contributed by atoms with Crippen molar-refractivity contribution in [1.29, 1.82) is 0 Å². The molecule has 0 aromatic heterocycles. The lowest BCUT2D eigenvalue weighted by molar-refractivity contribution is -0.135. The number of hydrogen-bond donors (Lipinski definition) is 1. The maximum atomic E-state index is 11.3. The summed E-state index contributed by atoms with van der Waals surface area (Å²) in [6, 6.07) is 17.7. The lowest BCUT2D eigenvalue weighted by Crippen LogP contribution is -2.28. The van der Waals surface area contributed by atoms with E-state index in [0.717, 1.165) is 30.6 Å². The topological polar surface area (TPSA) is 64.6 Å². The van der Waals surface area contributed by atoms with E-state index in [9.17, 15) is 9.59 Å². The molecule has 0 saturated carbocycles. The Morgan fingerprint density at radius 2 is 1.68 bits per heavy atom. The van der Waals surface area contributed by atoms with Gasteiger partial charge in [-0.05, 0) is 42.5 Å². The second-order valence-corrected chi connectivity index (χ2v) is 6.07. The van der Waals surface area contributed by atoms with Crippen LogP contribution in [0.3, 0.4) is 0 Å². The number of carbonyl (C=O) groups excluding carboxylic acids is 2. The number of esters is 1. The van der Waals surface area contributed by atoms with Crippen molar-refractivity contribution in [3.05, 3.63) is 65.7 Å². The molecule has 3 rings (SSSR count). The summed E-state index contributed by atoms with van der Waals surface area (Å²) in [6.07, 6.45) is 2.70. The number of carbonyl (C=O) groups is 2. The molecule has 1 heterocycles. The zero-order chi connectivity index (χ0) is 17.5. The van der Waals surface area contributed by atoms with Gasteiger partial charge in [-0.25, -0.2) is 9.59 Å². The first kappa shape index (κ1) is 17.0. The van der Waals surface area contributed by atoms with Crippen LogP contribution in [0.25, 0.3) is 0 Å². The molecule has 5 heteroatoms. The Bertz CT molecular complexity index is 712. The van der Waals surface area contributed by atoms with Gasteiger partial charge in [0.25, 0.3) is 0 Å². The molecule has 25 heavy (non-hydrogen) atoms. The number of ether oxygens (including phenoxy) is 2. The second kappa shape index (κ2) is 8.33. The summed E-state index contributed by atoms with van der Waals surface area (Å²) < 4.78 is 10.2. The molecule has 0 radical (unpaired) electrons. The van der Waals surface area contributed by atoms with Crippen molar-refractivity contribution in [3.63, 3.8) is 0 Å². The van der Waals surface area contributed by atoms with E-state index >= 15 is 0 Å². The fourth-order valence-corrected chi connectivity index (χ4v) is 2.75. The van der Waals surface area contributed by atoms with Crippen LogP contribution in [0.15, 0.2) is 54.6 Å².